The van der Waals surface area contributed by atoms with Crippen LogP contribution in [0.25, 0.3) is 0 Å². The molecule has 1 atom stereocenters. The van der Waals surface area contributed by atoms with Crippen molar-refractivity contribution < 1.29 is 9.59 Å². The second-order valence-corrected chi connectivity index (χ2v) is 7.02. The summed E-state index contributed by atoms with van der Waals surface area (Å²) in [5, 5.41) is 3.59. The van der Waals surface area contributed by atoms with Crippen molar-refractivity contribution in [1.29, 1.82) is 0 Å². The molecule has 26 heavy (non-hydrogen) atoms. The van der Waals surface area contributed by atoms with Gasteiger partial charge in [0.15, 0.2) is 5.17 Å². The number of thioether (sulfide) groups is 1. The minimum Gasteiger partial charge on any atom is -0.322 e. The highest BCUT2D eigenvalue weighted by Gasteiger charge is 2.42. The maximum atomic E-state index is 13.1. The summed E-state index contributed by atoms with van der Waals surface area (Å²) in [6, 6.07) is 18.4. The molecule has 1 N–H and O–H groups in total. The number of para-hydroxylation sites is 1. The van der Waals surface area contributed by atoms with Gasteiger partial charge in [-0.15, -0.1) is 0 Å². The van der Waals surface area contributed by atoms with Crippen LogP contribution in [0.15, 0.2) is 76.9 Å². The van der Waals surface area contributed by atoms with Crippen LogP contribution in [0, 0.1) is 0 Å². The van der Waals surface area contributed by atoms with Gasteiger partial charge in [0.05, 0.1) is 23.1 Å². The molecule has 1 saturated heterocycles. The summed E-state index contributed by atoms with van der Waals surface area (Å²) in [7, 11) is 0. The first-order valence-corrected chi connectivity index (χ1v) is 9.29. The van der Waals surface area contributed by atoms with Crippen LogP contribution >= 0.6 is 11.8 Å². The van der Waals surface area contributed by atoms with E-state index in [0.29, 0.717) is 27.9 Å². The first-order chi connectivity index (χ1) is 12.6. The first-order valence-electron chi connectivity index (χ1n) is 8.31. The Balaban J connectivity index is 1.78. The van der Waals surface area contributed by atoms with Gasteiger partial charge in [0, 0.05) is 5.69 Å². The average molecular weight is 363 g/mol. The maximum Gasteiger partial charge on any atom is 0.255 e. The second kappa shape index (κ2) is 6.80. The lowest BCUT2D eigenvalue weighted by molar-refractivity contribution is -0.125. The fourth-order valence-corrected chi connectivity index (χ4v) is 4.14. The molecule has 0 aliphatic carbocycles. The zero-order chi connectivity index (χ0) is 18.1. The largest absolute Gasteiger partial charge is 0.322 e. The number of aliphatic imine (C=N–C) groups is 1. The summed E-state index contributed by atoms with van der Waals surface area (Å²) in [6.45, 7) is 1.82. The number of rotatable bonds is 3. The van der Waals surface area contributed by atoms with Gasteiger partial charge in [0.25, 0.3) is 5.91 Å². The highest BCUT2D eigenvalue weighted by molar-refractivity contribution is 8.15. The smallest absolute Gasteiger partial charge is 0.255 e. The van der Waals surface area contributed by atoms with E-state index < -0.39 is 6.04 Å². The highest BCUT2D eigenvalue weighted by Crippen LogP contribution is 2.40. The Morgan fingerprint density at radius 3 is 2.46 bits per heavy atom. The number of benzene rings is 2. The molecule has 0 spiro atoms. The Hall–Kier alpha value is -2.86. The molecule has 2 aliphatic heterocycles. The van der Waals surface area contributed by atoms with Crippen LogP contribution in [0.2, 0.25) is 0 Å². The lowest BCUT2D eigenvalue weighted by Gasteiger charge is -2.33. The number of nitrogens with one attached hydrogen (secondary N) is 1. The number of anilines is 1. The van der Waals surface area contributed by atoms with Crippen LogP contribution in [0.1, 0.15) is 18.5 Å². The minimum absolute atomic E-state index is 0.0277. The van der Waals surface area contributed by atoms with Crippen molar-refractivity contribution in [2.24, 2.45) is 4.99 Å². The molecule has 0 unspecified atom stereocenters. The number of hydrogen-bond donors (Lipinski definition) is 1. The predicted molar refractivity (Wildman–Crippen MR) is 104 cm³/mol. The molecule has 6 heteroatoms. The van der Waals surface area contributed by atoms with Crippen molar-refractivity contribution in [1.82, 2.24) is 4.90 Å². The fraction of sp³-hybridized carbons (Fsp3) is 0.150. The monoisotopic (exact) mass is 363 g/mol. The lowest BCUT2D eigenvalue weighted by Crippen LogP contribution is -2.40. The first kappa shape index (κ1) is 16.6. The number of amides is 2. The van der Waals surface area contributed by atoms with Gasteiger partial charge in [0.2, 0.25) is 5.91 Å². The van der Waals surface area contributed by atoms with Crippen LogP contribution in [0.3, 0.4) is 0 Å². The van der Waals surface area contributed by atoms with Gasteiger partial charge < -0.3 is 5.32 Å². The second-order valence-electron chi connectivity index (χ2n) is 6.08. The van der Waals surface area contributed by atoms with Crippen LogP contribution in [0.4, 0.5) is 5.69 Å². The number of allylic oxidation sites excluding steroid dienone is 1. The third-order valence-corrected chi connectivity index (χ3v) is 5.31. The Labute approximate surface area is 155 Å². The van der Waals surface area contributed by atoms with Crippen molar-refractivity contribution in [2.45, 2.75) is 13.0 Å². The van der Waals surface area contributed by atoms with Gasteiger partial charge in [-0.25, -0.2) is 4.99 Å². The Bertz CT molecular complexity index is 923. The van der Waals surface area contributed by atoms with E-state index in [2.05, 4.69) is 10.3 Å². The van der Waals surface area contributed by atoms with Gasteiger partial charge in [-0.3, -0.25) is 14.5 Å². The number of carbonyl (C=O) groups is 2. The quantitative estimate of drug-likeness (QED) is 0.907. The molecule has 130 valence electrons. The van der Waals surface area contributed by atoms with E-state index >= 15 is 0 Å². The number of amidine groups is 1. The van der Waals surface area contributed by atoms with E-state index in [1.165, 1.54) is 11.8 Å². The zero-order valence-corrected chi connectivity index (χ0v) is 15.0. The van der Waals surface area contributed by atoms with Crippen molar-refractivity contribution in [3.63, 3.8) is 0 Å². The van der Waals surface area contributed by atoms with Gasteiger partial charge in [0.1, 0.15) is 0 Å². The summed E-state index contributed by atoms with van der Waals surface area (Å²) in [5.41, 5.74) is 2.75. The van der Waals surface area contributed by atoms with Crippen molar-refractivity contribution in [3.05, 3.63) is 77.5 Å². The summed E-state index contributed by atoms with van der Waals surface area (Å²) >= 11 is 1.41. The molecule has 2 amide bonds. The third kappa shape index (κ3) is 2.93. The highest BCUT2D eigenvalue weighted by atomic mass is 32.2. The number of hydrogen-bond acceptors (Lipinski definition) is 4. The van der Waals surface area contributed by atoms with Gasteiger partial charge >= 0.3 is 0 Å². The molecule has 0 bridgehead atoms. The topological polar surface area (TPSA) is 61.8 Å². The fourth-order valence-electron chi connectivity index (χ4n) is 3.20. The van der Waals surface area contributed by atoms with Crippen molar-refractivity contribution >= 4 is 34.4 Å². The number of carbonyl (C=O) groups excluding carboxylic acids is 2. The maximum absolute atomic E-state index is 13.1. The standard InChI is InChI=1S/C20H17N3O2S/c1-13-17(19(25)22-15-10-6-3-7-11-15)18(14-8-4-2-5-9-14)23-16(24)12-26-20(23)21-13/h2-11,18H,12H2,1H3,(H,22,25)/t18-/m0/s1. The van der Waals surface area contributed by atoms with Crippen LogP contribution in [-0.4, -0.2) is 27.6 Å². The molecule has 0 radical (unpaired) electrons. The summed E-state index contributed by atoms with van der Waals surface area (Å²) < 4.78 is 0. The molecule has 0 aromatic heterocycles. The van der Waals surface area contributed by atoms with Crippen LogP contribution in [-0.2, 0) is 9.59 Å². The molecule has 2 aliphatic rings. The molecule has 4 rings (SSSR count). The average Bonchev–Trinajstić information content (AvgIpc) is 3.02. The molecule has 0 saturated carbocycles. The Morgan fingerprint density at radius 1 is 1.12 bits per heavy atom. The summed E-state index contributed by atoms with van der Waals surface area (Å²) in [5.74, 6) is 0.0819. The molecular weight excluding hydrogens is 346 g/mol. The normalized spacial score (nSPS) is 19.3. The van der Waals surface area contributed by atoms with Gasteiger partial charge in [-0.2, -0.15) is 0 Å². The molecule has 5 nitrogen and oxygen atoms in total. The Morgan fingerprint density at radius 2 is 1.77 bits per heavy atom. The van der Waals surface area contributed by atoms with E-state index in [1.54, 1.807) is 4.90 Å². The van der Waals surface area contributed by atoms with E-state index in [4.69, 9.17) is 0 Å². The SMILES string of the molecule is CC1=C(C(=O)Nc2ccccc2)[C@H](c2ccccc2)N2C(=O)CSC2=N1. The van der Waals surface area contributed by atoms with E-state index in [1.807, 2.05) is 67.6 Å². The van der Waals surface area contributed by atoms with E-state index in [0.717, 1.165) is 5.56 Å². The Kier molecular flexibility index (Phi) is 4.34. The van der Waals surface area contributed by atoms with Crippen molar-refractivity contribution in [2.75, 3.05) is 11.1 Å². The van der Waals surface area contributed by atoms with E-state index in [-0.39, 0.29) is 11.8 Å². The van der Waals surface area contributed by atoms with E-state index in [9.17, 15) is 9.59 Å². The zero-order valence-electron chi connectivity index (χ0n) is 14.2. The molecule has 2 aromatic carbocycles. The molecule has 1 fully saturated rings. The lowest BCUT2D eigenvalue weighted by atomic mass is 9.94. The van der Waals surface area contributed by atoms with Crippen LogP contribution in [0.5, 0.6) is 0 Å². The molecular formula is C20H17N3O2S. The molecule has 2 aromatic rings. The van der Waals surface area contributed by atoms with Crippen molar-refractivity contribution in [3.8, 4) is 0 Å². The molecule has 2 heterocycles. The van der Waals surface area contributed by atoms with Gasteiger partial charge in [-0.05, 0) is 24.6 Å². The van der Waals surface area contributed by atoms with Gasteiger partial charge in [-0.1, -0.05) is 60.3 Å². The predicted octanol–water partition coefficient (Wildman–Crippen LogP) is 3.59. The number of fused-ring (bicyclic) bond motifs is 1. The third-order valence-electron chi connectivity index (χ3n) is 4.38. The van der Waals surface area contributed by atoms with Crippen LogP contribution < -0.4 is 5.32 Å². The number of nitrogens with zero attached hydrogens (tertiary/aromatic N) is 2. The summed E-state index contributed by atoms with van der Waals surface area (Å²) in [6.07, 6.45) is 0. The summed E-state index contributed by atoms with van der Waals surface area (Å²) in [4.78, 5) is 31.7. The minimum atomic E-state index is -0.463.